The molecule has 1 aromatic heterocycles. The lowest BCUT2D eigenvalue weighted by molar-refractivity contribution is -0.386. The van der Waals surface area contributed by atoms with Gasteiger partial charge in [-0.05, 0) is 6.92 Å². The summed E-state index contributed by atoms with van der Waals surface area (Å²) in [6.45, 7) is 1.39. The van der Waals surface area contributed by atoms with Gasteiger partial charge >= 0.3 is 11.7 Å². The molecule has 0 aliphatic rings. The quantitative estimate of drug-likeness (QED) is 0.464. The second kappa shape index (κ2) is 5.44. The Morgan fingerprint density at radius 1 is 1.65 bits per heavy atom. The normalized spacial score (nSPS) is 11.7. The second-order valence-electron chi connectivity index (χ2n) is 3.02. The van der Waals surface area contributed by atoms with Crippen LogP contribution < -0.4 is 4.74 Å². The van der Waals surface area contributed by atoms with Crippen LogP contribution in [0.15, 0.2) is 12.3 Å². The third kappa shape index (κ3) is 3.28. The molecule has 0 aliphatic heterocycles. The van der Waals surface area contributed by atoms with Crippen molar-refractivity contribution in [3.8, 4) is 5.88 Å². The minimum absolute atomic E-state index is 0.106. The number of aromatic nitrogens is 1. The number of halogens is 1. The van der Waals surface area contributed by atoms with Gasteiger partial charge in [-0.25, -0.2) is 9.78 Å². The van der Waals surface area contributed by atoms with Gasteiger partial charge in [-0.3, -0.25) is 10.1 Å². The molecule has 0 aliphatic carbocycles. The summed E-state index contributed by atoms with van der Waals surface area (Å²) in [5, 5.41) is 10.8. The summed E-state index contributed by atoms with van der Waals surface area (Å²) in [5.74, 6) is -0.937. The molecule has 7 nitrogen and oxygen atoms in total. The largest absolute Gasteiger partial charge is 0.466 e. The van der Waals surface area contributed by atoms with Crippen molar-refractivity contribution in [2.75, 3.05) is 7.11 Å². The molecule has 8 heteroatoms. The maximum Gasteiger partial charge on any atom is 0.346 e. The summed E-state index contributed by atoms with van der Waals surface area (Å²) in [7, 11) is 1.19. The van der Waals surface area contributed by atoms with Crippen LogP contribution >= 0.6 is 11.6 Å². The fraction of sp³-hybridized carbons (Fsp3) is 0.333. The summed E-state index contributed by atoms with van der Waals surface area (Å²) in [4.78, 5) is 24.8. The number of methoxy groups -OCH3 is 1. The third-order valence-electron chi connectivity index (χ3n) is 1.82. The number of carbonyl (C=O) groups is 1. The van der Waals surface area contributed by atoms with Crippen LogP contribution in [-0.2, 0) is 9.53 Å². The first-order chi connectivity index (χ1) is 7.95. The molecule has 0 N–H and O–H groups in total. The Labute approximate surface area is 101 Å². The van der Waals surface area contributed by atoms with Crippen LogP contribution in [0.4, 0.5) is 5.69 Å². The SMILES string of the molecule is COC(=O)[C@@H](C)Oc1ncc(Cl)cc1[N+](=O)[O-]. The molecule has 17 heavy (non-hydrogen) atoms. The van der Waals surface area contributed by atoms with Gasteiger partial charge in [-0.15, -0.1) is 0 Å². The van der Waals surface area contributed by atoms with Crippen LogP contribution in [0.2, 0.25) is 5.02 Å². The molecule has 1 heterocycles. The van der Waals surface area contributed by atoms with Gasteiger partial charge in [0.05, 0.1) is 23.3 Å². The highest BCUT2D eigenvalue weighted by molar-refractivity contribution is 6.30. The van der Waals surface area contributed by atoms with Crippen molar-refractivity contribution >= 4 is 23.3 Å². The van der Waals surface area contributed by atoms with Crippen LogP contribution in [0, 0.1) is 10.1 Å². The van der Waals surface area contributed by atoms with Crippen molar-refractivity contribution in [1.82, 2.24) is 4.98 Å². The van der Waals surface area contributed by atoms with Crippen molar-refractivity contribution < 1.29 is 19.2 Å². The van der Waals surface area contributed by atoms with Gasteiger partial charge in [-0.2, -0.15) is 0 Å². The highest BCUT2D eigenvalue weighted by Gasteiger charge is 2.23. The van der Waals surface area contributed by atoms with Gasteiger partial charge in [0.2, 0.25) is 0 Å². The molecule has 92 valence electrons. The number of pyridine rings is 1. The number of rotatable bonds is 4. The van der Waals surface area contributed by atoms with Crippen LogP contribution in [0.1, 0.15) is 6.92 Å². The van der Waals surface area contributed by atoms with E-state index in [9.17, 15) is 14.9 Å². The van der Waals surface area contributed by atoms with Gasteiger partial charge in [0, 0.05) is 6.07 Å². The van der Waals surface area contributed by atoms with E-state index in [1.54, 1.807) is 0 Å². The van der Waals surface area contributed by atoms with Crippen LogP contribution in [0.25, 0.3) is 0 Å². The molecule has 0 radical (unpaired) electrons. The number of carbonyl (C=O) groups excluding carboxylic acids is 1. The minimum atomic E-state index is -0.993. The van der Waals surface area contributed by atoms with Crippen molar-refractivity contribution in [2.45, 2.75) is 13.0 Å². The van der Waals surface area contributed by atoms with E-state index in [-0.39, 0.29) is 10.9 Å². The van der Waals surface area contributed by atoms with Gasteiger partial charge in [0.15, 0.2) is 6.10 Å². The fourth-order valence-corrected chi connectivity index (χ4v) is 1.17. The van der Waals surface area contributed by atoms with E-state index in [2.05, 4.69) is 9.72 Å². The number of hydrogen-bond donors (Lipinski definition) is 0. The summed E-state index contributed by atoms with van der Waals surface area (Å²) in [6, 6.07) is 1.09. The first kappa shape index (κ1) is 13.2. The summed E-state index contributed by atoms with van der Waals surface area (Å²) >= 11 is 5.57. The lowest BCUT2D eigenvalue weighted by atomic mass is 10.4. The average molecular weight is 261 g/mol. The van der Waals surface area contributed by atoms with Gasteiger partial charge in [-0.1, -0.05) is 11.6 Å². The van der Waals surface area contributed by atoms with E-state index >= 15 is 0 Å². The highest BCUT2D eigenvalue weighted by Crippen LogP contribution is 2.27. The number of nitrogens with zero attached hydrogens (tertiary/aromatic N) is 2. The monoisotopic (exact) mass is 260 g/mol. The van der Waals surface area contributed by atoms with E-state index < -0.39 is 22.7 Å². The number of ether oxygens (including phenoxy) is 2. The predicted octanol–water partition coefficient (Wildman–Crippen LogP) is 1.58. The maximum absolute atomic E-state index is 11.1. The molecule has 1 rings (SSSR count). The zero-order valence-corrected chi connectivity index (χ0v) is 9.80. The Morgan fingerprint density at radius 3 is 2.82 bits per heavy atom. The molecule has 1 atom stereocenters. The van der Waals surface area contributed by atoms with Crippen LogP contribution in [-0.4, -0.2) is 29.1 Å². The molecule has 0 unspecified atom stereocenters. The number of esters is 1. The molecule has 0 spiro atoms. The molecule has 0 amide bonds. The van der Waals surface area contributed by atoms with E-state index in [0.29, 0.717) is 0 Å². The summed E-state index contributed by atoms with van der Waals surface area (Å²) in [6.07, 6.45) is 0.195. The number of hydrogen-bond acceptors (Lipinski definition) is 6. The van der Waals surface area contributed by atoms with Crippen LogP contribution in [0.5, 0.6) is 5.88 Å². The standard InChI is InChI=1S/C9H9ClN2O5/c1-5(9(13)16-2)17-8-7(12(14)15)3-6(10)4-11-8/h3-5H,1-2H3/t5-/m1/s1. The molecular formula is C9H9ClN2O5. The summed E-state index contributed by atoms with van der Waals surface area (Å²) in [5.41, 5.74) is -0.409. The van der Waals surface area contributed by atoms with Gasteiger partial charge in [0.25, 0.3) is 5.88 Å². The van der Waals surface area contributed by atoms with Crippen molar-refractivity contribution in [2.24, 2.45) is 0 Å². The molecule has 0 fully saturated rings. The van der Waals surface area contributed by atoms with E-state index in [0.717, 1.165) is 6.07 Å². The Balaban J connectivity index is 2.98. The van der Waals surface area contributed by atoms with Gasteiger partial charge < -0.3 is 9.47 Å². The Morgan fingerprint density at radius 2 is 2.29 bits per heavy atom. The molecule has 0 aromatic carbocycles. The zero-order valence-electron chi connectivity index (χ0n) is 9.05. The van der Waals surface area contributed by atoms with E-state index in [1.807, 2.05) is 0 Å². The maximum atomic E-state index is 11.1. The molecule has 0 bridgehead atoms. The van der Waals surface area contributed by atoms with Gasteiger partial charge in [0.1, 0.15) is 0 Å². The second-order valence-corrected chi connectivity index (χ2v) is 3.45. The Hall–Kier alpha value is -1.89. The third-order valence-corrected chi connectivity index (χ3v) is 2.02. The van der Waals surface area contributed by atoms with Crippen LogP contribution in [0.3, 0.4) is 0 Å². The Kier molecular flexibility index (Phi) is 4.22. The molecule has 0 saturated carbocycles. The summed E-state index contributed by atoms with van der Waals surface area (Å²) < 4.78 is 9.45. The van der Waals surface area contributed by atoms with Crippen molar-refractivity contribution in [1.29, 1.82) is 0 Å². The topological polar surface area (TPSA) is 91.6 Å². The first-order valence-corrected chi connectivity index (χ1v) is 4.88. The van der Waals surface area contributed by atoms with E-state index in [4.69, 9.17) is 16.3 Å². The average Bonchev–Trinajstić information content (AvgIpc) is 2.29. The van der Waals surface area contributed by atoms with Crippen molar-refractivity contribution in [3.63, 3.8) is 0 Å². The predicted molar refractivity (Wildman–Crippen MR) is 58.0 cm³/mol. The lowest BCUT2D eigenvalue weighted by Gasteiger charge is -2.11. The zero-order chi connectivity index (χ0) is 13.0. The first-order valence-electron chi connectivity index (χ1n) is 4.50. The van der Waals surface area contributed by atoms with Crippen molar-refractivity contribution in [3.05, 3.63) is 27.4 Å². The molecule has 0 saturated heterocycles. The van der Waals surface area contributed by atoms with E-state index in [1.165, 1.54) is 20.2 Å². The molecular weight excluding hydrogens is 252 g/mol. The highest BCUT2D eigenvalue weighted by atomic mass is 35.5. The molecule has 1 aromatic rings. The number of nitro groups is 1. The fourth-order valence-electron chi connectivity index (χ4n) is 1.02. The minimum Gasteiger partial charge on any atom is -0.466 e. The Bertz CT molecular complexity index is 451. The smallest absolute Gasteiger partial charge is 0.346 e. The lowest BCUT2D eigenvalue weighted by Crippen LogP contribution is -2.25.